The topological polar surface area (TPSA) is 67.5 Å². The number of para-hydroxylation sites is 2. The molecule has 1 aromatic heterocycles. The van der Waals surface area contributed by atoms with Crippen molar-refractivity contribution in [1.29, 1.82) is 0 Å². The number of imidazole rings is 1. The molecule has 0 radical (unpaired) electrons. The fourth-order valence-corrected chi connectivity index (χ4v) is 2.96. The zero-order valence-electron chi connectivity index (χ0n) is 13.5. The largest absolute Gasteiger partial charge is 0.382 e. The van der Waals surface area contributed by atoms with Gasteiger partial charge in [0, 0.05) is 26.1 Å². The fraction of sp³-hybridized carbons (Fsp3) is 0.529. The van der Waals surface area contributed by atoms with Gasteiger partial charge in [-0.2, -0.15) is 0 Å². The predicted octanol–water partition coefficient (Wildman–Crippen LogP) is 1.93. The van der Waals surface area contributed by atoms with Crippen molar-refractivity contribution in [3.63, 3.8) is 0 Å². The molecule has 0 unspecified atom stereocenters. The van der Waals surface area contributed by atoms with Gasteiger partial charge in [-0.25, -0.2) is 4.98 Å². The van der Waals surface area contributed by atoms with Crippen molar-refractivity contribution < 1.29 is 14.3 Å². The fourth-order valence-electron chi connectivity index (χ4n) is 2.96. The molecule has 1 aliphatic rings. The quantitative estimate of drug-likeness (QED) is 0.827. The van der Waals surface area contributed by atoms with Crippen LogP contribution in [0, 0.1) is 0 Å². The monoisotopic (exact) mass is 317 g/mol. The average molecular weight is 317 g/mol. The van der Waals surface area contributed by atoms with Crippen molar-refractivity contribution in [3.05, 3.63) is 30.1 Å². The van der Waals surface area contributed by atoms with E-state index >= 15 is 0 Å². The van der Waals surface area contributed by atoms with Crippen LogP contribution in [0.1, 0.15) is 24.6 Å². The summed E-state index contributed by atoms with van der Waals surface area (Å²) < 4.78 is 10.2. The van der Waals surface area contributed by atoms with Crippen LogP contribution in [-0.4, -0.2) is 60.8 Å². The van der Waals surface area contributed by atoms with Gasteiger partial charge in [0.25, 0.3) is 0 Å². The first kappa shape index (κ1) is 16.0. The van der Waals surface area contributed by atoms with E-state index in [0.717, 1.165) is 42.8 Å². The molecule has 2 heterocycles. The summed E-state index contributed by atoms with van der Waals surface area (Å²) in [7, 11) is 1.62. The number of hydrogen-bond acceptors (Lipinski definition) is 4. The molecule has 0 spiro atoms. The Kier molecular flexibility index (Phi) is 5.25. The number of rotatable bonds is 6. The highest BCUT2D eigenvalue weighted by Crippen LogP contribution is 2.27. The van der Waals surface area contributed by atoms with E-state index in [-0.39, 0.29) is 12.5 Å². The maximum Gasteiger partial charge on any atom is 0.248 e. The van der Waals surface area contributed by atoms with Crippen LogP contribution in [-0.2, 0) is 14.3 Å². The van der Waals surface area contributed by atoms with Crippen molar-refractivity contribution in [3.8, 4) is 0 Å². The number of hydrogen-bond donors (Lipinski definition) is 1. The van der Waals surface area contributed by atoms with E-state index in [2.05, 4.69) is 9.97 Å². The molecule has 3 rings (SSSR count). The Balaban J connectivity index is 1.50. The summed E-state index contributed by atoms with van der Waals surface area (Å²) in [5.74, 6) is 1.49. The van der Waals surface area contributed by atoms with Crippen molar-refractivity contribution in [1.82, 2.24) is 14.9 Å². The molecule has 0 saturated carbocycles. The van der Waals surface area contributed by atoms with E-state index in [4.69, 9.17) is 9.47 Å². The van der Waals surface area contributed by atoms with Gasteiger partial charge < -0.3 is 19.4 Å². The Morgan fingerprint density at radius 1 is 1.30 bits per heavy atom. The van der Waals surface area contributed by atoms with Crippen LogP contribution in [0.4, 0.5) is 0 Å². The van der Waals surface area contributed by atoms with Gasteiger partial charge in [0.1, 0.15) is 12.4 Å². The van der Waals surface area contributed by atoms with Gasteiger partial charge in [-0.1, -0.05) is 12.1 Å². The lowest BCUT2D eigenvalue weighted by atomic mass is 9.96. The van der Waals surface area contributed by atoms with Crippen LogP contribution in [0.15, 0.2) is 24.3 Å². The van der Waals surface area contributed by atoms with E-state index in [9.17, 15) is 4.79 Å². The van der Waals surface area contributed by atoms with E-state index in [1.54, 1.807) is 7.11 Å². The zero-order valence-corrected chi connectivity index (χ0v) is 13.5. The number of likely N-dealkylation sites (tertiary alicyclic amines) is 1. The summed E-state index contributed by atoms with van der Waals surface area (Å²) in [6, 6.07) is 8.07. The highest BCUT2D eigenvalue weighted by atomic mass is 16.5. The van der Waals surface area contributed by atoms with Crippen LogP contribution in [0.25, 0.3) is 11.0 Å². The van der Waals surface area contributed by atoms with Crippen molar-refractivity contribution >= 4 is 16.9 Å². The lowest BCUT2D eigenvalue weighted by Crippen LogP contribution is -2.40. The second-order valence-corrected chi connectivity index (χ2v) is 5.84. The third-order valence-corrected chi connectivity index (χ3v) is 4.30. The number of carbonyl (C=O) groups is 1. The van der Waals surface area contributed by atoms with Crippen LogP contribution in [0.2, 0.25) is 0 Å². The normalized spacial score (nSPS) is 16.1. The third-order valence-electron chi connectivity index (χ3n) is 4.30. The lowest BCUT2D eigenvalue weighted by Gasteiger charge is -2.31. The number of nitrogens with one attached hydrogen (secondary N) is 1. The molecule has 1 aromatic carbocycles. The number of methoxy groups -OCH3 is 1. The van der Waals surface area contributed by atoms with Gasteiger partial charge in [0.15, 0.2) is 0 Å². The number of aromatic nitrogens is 2. The lowest BCUT2D eigenvalue weighted by molar-refractivity contribution is -0.137. The number of fused-ring (bicyclic) bond motifs is 1. The summed E-state index contributed by atoms with van der Waals surface area (Å²) in [6.07, 6.45) is 1.87. The molecule has 2 aromatic rings. The van der Waals surface area contributed by atoms with Gasteiger partial charge in [-0.3, -0.25) is 4.79 Å². The summed E-state index contributed by atoms with van der Waals surface area (Å²) >= 11 is 0. The molecule has 124 valence electrons. The van der Waals surface area contributed by atoms with Crippen LogP contribution >= 0.6 is 0 Å². The molecule has 6 heteroatoms. The van der Waals surface area contributed by atoms with Crippen molar-refractivity contribution in [2.24, 2.45) is 0 Å². The smallest absolute Gasteiger partial charge is 0.248 e. The van der Waals surface area contributed by atoms with Gasteiger partial charge in [-0.15, -0.1) is 0 Å². The van der Waals surface area contributed by atoms with Gasteiger partial charge in [0.2, 0.25) is 5.91 Å². The van der Waals surface area contributed by atoms with Crippen molar-refractivity contribution in [2.45, 2.75) is 18.8 Å². The predicted molar refractivity (Wildman–Crippen MR) is 87.3 cm³/mol. The van der Waals surface area contributed by atoms with Crippen molar-refractivity contribution in [2.75, 3.05) is 40.0 Å². The Morgan fingerprint density at radius 2 is 2.09 bits per heavy atom. The number of carbonyl (C=O) groups excluding carboxylic acids is 1. The first-order valence-corrected chi connectivity index (χ1v) is 8.07. The molecule has 0 aliphatic carbocycles. The van der Waals surface area contributed by atoms with Gasteiger partial charge in [-0.05, 0) is 25.0 Å². The molecule has 1 fully saturated rings. The molecule has 23 heavy (non-hydrogen) atoms. The summed E-state index contributed by atoms with van der Waals surface area (Å²) in [5, 5.41) is 0. The molecule has 1 amide bonds. The SMILES string of the molecule is COCCOCC(=O)N1CCC(c2nc3ccccc3[nH]2)CC1. The number of amides is 1. The number of aromatic amines is 1. The van der Waals surface area contributed by atoms with Gasteiger partial charge >= 0.3 is 0 Å². The number of nitrogens with zero attached hydrogens (tertiary/aromatic N) is 2. The van der Waals surface area contributed by atoms with E-state index in [0.29, 0.717) is 19.1 Å². The van der Waals surface area contributed by atoms with Gasteiger partial charge in [0.05, 0.1) is 24.2 Å². The van der Waals surface area contributed by atoms with E-state index in [1.165, 1.54) is 0 Å². The maximum absolute atomic E-state index is 12.1. The summed E-state index contributed by atoms with van der Waals surface area (Å²) in [4.78, 5) is 22.0. The Labute approximate surface area is 135 Å². The Bertz CT molecular complexity index is 614. The number of H-pyrrole nitrogens is 1. The Hall–Kier alpha value is -1.92. The third kappa shape index (κ3) is 3.89. The molecule has 1 N–H and O–H groups in total. The highest BCUT2D eigenvalue weighted by Gasteiger charge is 2.25. The van der Waals surface area contributed by atoms with Crippen LogP contribution < -0.4 is 0 Å². The minimum Gasteiger partial charge on any atom is -0.382 e. The highest BCUT2D eigenvalue weighted by molar-refractivity contribution is 5.77. The summed E-state index contributed by atoms with van der Waals surface area (Å²) in [6.45, 7) is 2.63. The molecule has 1 aliphatic heterocycles. The number of benzene rings is 1. The zero-order chi connectivity index (χ0) is 16.1. The van der Waals surface area contributed by atoms with E-state index < -0.39 is 0 Å². The minimum absolute atomic E-state index is 0.0594. The standard InChI is InChI=1S/C17H23N3O3/c1-22-10-11-23-12-16(21)20-8-6-13(7-9-20)17-18-14-4-2-3-5-15(14)19-17/h2-5,13H,6-12H2,1H3,(H,18,19). The number of piperidine rings is 1. The second kappa shape index (κ2) is 7.57. The molecular weight excluding hydrogens is 294 g/mol. The number of ether oxygens (including phenoxy) is 2. The molecule has 0 bridgehead atoms. The van der Waals surface area contributed by atoms with Crippen LogP contribution in [0.3, 0.4) is 0 Å². The molecule has 1 saturated heterocycles. The molecule has 6 nitrogen and oxygen atoms in total. The van der Waals surface area contributed by atoms with Crippen LogP contribution in [0.5, 0.6) is 0 Å². The second-order valence-electron chi connectivity index (χ2n) is 5.84. The summed E-state index contributed by atoms with van der Waals surface area (Å²) in [5.41, 5.74) is 2.08. The maximum atomic E-state index is 12.1. The van der Waals surface area contributed by atoms with E-state index in [1.807, 2.05) is 29.2 Å². The first-order chi connectivity index (χ1) is 11.3. The Morgan fingerprint density at radius 3 is 2.83 bits per heavy atom. The minimum atomic E-state index is 0.0594. The first-order valence-electron chi connectivity index (χ1n) is 8.07. The molecule has 0 atom stereocenters. The molecular formula is C17H23N3O3. The average Bonchev–Trinajstić information content (AvgIpc) is 3.03.